The lowest BCUT2D eigenvalue weighted by Gasteiger charge is -2.33. The molecular formula is C15H15Cl2N3. The van der Waals surface area contributed by atoms with Crippen molar-refractivity contribution in [3.8, 4) is 0 Å². The van der Waals surface area contributed by atoms with Gasteiger partial charge in [-0.3, -0.25) is 4.90 Å². The van der Waals surface area contributed by atoms with Gasteiger partial charge in [0.25, 0.3) is 0 Å². The fourth-order valence-corrected chi connectivity index (χ4v) is 3.12. The van der Waals surface area contributed by atoms with Crippen LogP contribution >= 0.6 is 23.2 Å². The number of hydrogen-bond acceptors (Lipinski definition) is 3. The standard InChI is InChI=1S/C15H15Cl2N3/c1-10(11-5-3-2-4-6-11)20-8-7-13-12(9-20)14(16)19-15(17)18-13/h2-6,10H,7-9H2,1H3. The molecule has 104 valence electrons. The molecule has 20 heavy (non-hydrogen) atoms. The van der Waals surface area contributed by atoms with Gasteiger partial charge >= 0.3 is 0 Å². The molecule has 0 amide bonds. The Morgan fingerprint density at radius 3 is 2.65 bits per heavy atom. The quantitative estimate of drug-likeness (QED) is 0.622. The van der Waals surface area contributed by atoms with Crippen LogP contribution in [0.1, 0.15) is 29.8 Å². The maximum Gasteiger partial charge on any atom is 0.224 e. The third-order valence-electron chi connectivity index (χ3n) is 3.84. The monoisotopic (exact) mass is 307 g/mol. The van der Waals surface area contributed by atoms with Crippen molar-refractivity contribution >= 4 is 23.2 Å². The van der Waals surface area contributed by atoms with Gasteiger partial charge in [0.2, 0.25) is 5.28 Å². The van der Waals surface area contributed by atoms with Crippen molar-refractivity contribution in [1.82, 2.24) is 14.9 Å². The highest BCUT2D eigenvalue weighted by Crippen LogP contribution is 2.30. The van der Waals surface area contributed by atoms with Gasteiger partial charge in [-0.15, -0.1) is 0 Å². The molecule has 2 aromatic rings. The minimum atomic E-state index is 0.235. The van der Waals surface area contributed by atoms with E-state index in [1.807, 2.05) is 6.07 Å². The fraction of sp³-hybridized carbons (Fsp3) is 0.333. The van der Waals surface area contributed by atoms with Crippen molar-refractivity contribution in [2.75, 3.05) is 6.54 Å². The Morgan fingerprint density at radius 2 is 1.90 bits per heavy atom. The number of hydrogen-bond donors (Lipinski definition) is 0. The zero-order chi connectivity index (χ0) is 14.1. The first-order valence-electron chi connectivity index (χ1n) is 6.65. The first-order valence-corrected chi connectivity index (χ1v) is 7.40. The molecule has 3 nitrogen and oxygen atoms in total. The van der Waals surface area contributed by atoms with Crippen molar-refractivity contribution < 1.29 is 0 Å². The maximum absolute atomic E-state index is 6.20. The van der Waals surface area contributed by atoms with Crippen molar-refractivity contribution in [2.45, 2.75) is 25.9 Å². The van der Waals surface area contributed by atoms with Crippen LogP contribution in [0.3, 0.4) is 0 Å². The molecule has 2 heterocycles. The number of halogens is 2. The second-order valence-corrected chi connectivity index (χ2v) is 5.71. The molecule has 0 aliphatic carbocycles. The average molecular weight is 308 g/mol. The van der Waals surface area contributed by atoms with E-state index >= 15 is 0 Å². The van der Waals surface area contributed by atoms with Crippen LogP contribution in [-0.4, -0.2) is 21.4 Å². The van der Waals surface area contributed by atoms with Gasteiger partial charge in [0.15, 0.2) is 0 Å². The van der Waals surface area contributed by atoms with Crippen LogP contribution in [0.5, 0.6) is 0 Å². The SMILES string of the molecule is CC(c1ccccc1)N1CCc2nc(Cl)nc(Cl)c2C1. The van der Waals surface area contributed by atoms with Gasteiger partial charge in [0, 0.05) is 31.1 Å². The summed E-state index contributed by atoms with van der Waals surface area (Å²) in [7, 11) is 0. The van der Waals surface area contributed by atoms with E-state index < -0.39 is 0 Å². The van der Waals surface area contributed by atoms with Crippen molar-refractivity contribution in [2.24, 2.45) is 0 Å². The highest BCUT2D eigenvalue weighted by molar-refractivity contribution is 6.32. The Labute approximate surface area is 128 Å². The van der Waals surface area contributed by atoms with E-state index in [9.17, 15) is 0 Å². The van der Waals surface area contributed by atoms with Gasteiger partial charge in [-0.2, -0.15) is 0 Å². The normalized spacial score (nSPS) is 16.8. The van der Waals surface area contributed by atoms with Gasteiger partial charge in [-0.1, -0.05) is 41.9 Å². The molecule has 0 radical (unpaired) electrons. The second kappa shape index (κ2) is 5.68. The lowest BCUT2D eigenvalue weighted by atomic mass is 10.0. The molecule has 1 atom stereocenters. The molecule has 0 N–H and O–H groups in total. The molecule has 5 heteroatoms. The summed E-state index contributed by atoms with van der Waals surface area (Å²) in [6, 6.07) is 10.8. The van der Waals surface area contributed by atoms with E-state index in [2.05, 4.69) is 46.1 Å². The summed E-state index contributed by atoms with van der Waals surface area (Å²) in [5, 5.41) is 0.711. The van der Waals surface area contributed by atoms with Crippen LogP contribution in [-0.2, 0) is 13.0 Å². The van der Waals surface area contributed by atoms with Crippen LogP contribution in [0.25, 0.3) is 0 Å². The summed E-state index contributed by atoms with van der Waals surface area (Å²) in [5.74, 6) is 0. The molecule has 1 aromatic heterocycles. The Morgan fingerprint density at radius 1 is 1.15 bits per heavy atom. The molecule has 0 saturated heterocycles. The van der Waals surface area contributed by atoms with Gasteiger partial charge in [-0.05, 0) is 24.1 Å². The van der Waals surface area contributed by atoms with E-state index in [1.165, 1.54) is 5.56 Å². The number of benzene rings is 1. The van der Waals surface area contributed by atoms with Crippen LogP contribution < -0.4 is 0 Å². The summed E-state index contributed by atoms with van der Waals surface area (Å²) in [5.41, 5.74) is 3.29. The number of nitrogens with zero attached hydrogens (tertiary/aromatic N) is 3. The van der Waals surface area contributed by atoms with Crippen LogP contribution in [0.4, 0.5) is 0 Å². The van der Waals surface area contributed by atoms with Crippen LogP contribution in [0.15, 0.2) is 30.3 Å². The van der Waals surface area contributed by atoms with Crippen LogP contribution in [0, 0.1) is 0 Å². The molecule has 1 aliphatic heterocycles. The average Bonchev–Trinajstić information content (AvgIpc) is 2.47. The number of rotatable bonds is 2. The smallest absolute Gasteiger partial charge is 0.224 e. The largest absolute Gasteiger partial charge is 0.292 e. The Kier molecular flexibility index (Phi) is 3.92. The third-order valence-corrected chi connectivity index (χ3v) is 4.32. The molecular weight excluding hydrogens is 293 g/mol. The van der Waals surface area contributed by atoms with Crippen molar-refractivity contribution in [1.29, 1.82) is 0 Å². The summed E-state index contributed by atoms with van der Waals surface area (Å²) in [6.07, 6.45) is 0.856. The van der Waals surface area contributed by atoms with E-state index in [-0.39, 0.29) is 5.28 Å². The maximum atomic E-state index is 6.20. The fourth-order valence-electron chi connectivity index (χ4n) is 2.64. The Bertz CT molecular complexity index is 616. The molecule has 1 aliphatic rings. The summed E-state index contributed by atoms with van der Waals surface area (Å²) < 4.78 is 0. The number of fused-ring (bicyclic) bond motifs is 1. The highest BCUT2D eigenvalue weighted by Gasteiger charge is 2.25. The zero-order valence-corrected chi connectivity index (χ0v) is 12.7. The topological polar surface area (TPSA) is 29.0 Å². The number of aromatic nitrogens is 2. The Balaban J connectivity index is 1.85. The minimum Gasteiger partial charge on any atom is -0.292 e. The van der Waals surface area contributed by atoms with Gasteiger partial charge in [0.1, 0.15) is 5.15 Å². The van der Waals surface area contributed by atoms with E-state index in [0.717, 1.165) is 30.8 Å². The molecule has 3 rings (SSSR count). The molecule has 0 saturated carbocycles. The molecule has 1 unspecified atom stereocenters. The molecule has 0 fully saturated rings. The summed E-state index contributed by atoms with van der Waals surface area (Å²) in [4.78, 5) is 10.7. The van der Waals surface area contributed by atoms with Crippen LogP contribution in [0.2, 0.25) is 10.4 Å². The Hall–Kier alpha value is -1.16. The minimum absolute atomic E-state index is 0.235. The van der Waals surface area contributed by atoms with Gasteiger partial charge in [-0.25, -0.2) is 9.97 Å². The zero-order valence-electron chi connectivity index (χ0n) is 11.2. The highest BCUT2D eigenvalue weighted by atomic mass is 35.5. The first kappa shape index (κ1) is 13.8. The summed E-state index contributed by atoms with van der Waals surface area (Å²) in [6.45, 7) is 3.93. The predicted octanol–water partition coefficient (Wildman–Crippen LogP) is 3.90. The van der Waals surface area contributed by atoms with Crippen molar-refractivity contribution in [3.05, 3.63) is 57.6 Å². The summed E-state index contributed by atoms with van der Waals surface area (Å²) >= 11 is 12.1. The van der Waals surface area contributed by atoms with E-state index in [4.69, 9.17) is 23.2 Å². The first-order chi connectivity index (χ1) is 9.65. The molecule has 1 aromatic carbocycles. The lowest BCUT2D eigenvalue weighted by molar-refractivity contribution is 0.190. The predicted molar refractivity (Wildman–Crippen MR) is 81.0 cm³/mol. The molecule has 0 spiro atoms. The van der Waals surface area contributed by atoms with Gasteiger partial charge in [0.05, 0.1) is 5.69 Å². The van der Waals surface area contributed by atoms with E-state index in [1.54, 1.807) is 0 Å². The van der Waals surface area contributed by atoms with E-state index in [0.29, 0.717) is 11.2 Å². The molecule has 0 bridgehead atoms. The van der Waals surface area contributed by atoms with Gasteiger partial charge < -0.3 is 0 Å². The second-order valence-electron chi connectivity index (χ2n) is 5.02. The van der Waals surface area contributed by atoms with Crippen molar-refractivity contribution in [3.63, 3.8) is 0 Å². The third kappa shape index (κ3) is 2.66. The lowest BCUT2D eigenvalue weighted by Crippen LogP contribution is -2.33.